The molecule has 202 valence electrons. The molecule has 0 aromatic carbocycles. The highest BCUT2D eigenvalue weighted by Crippen LogP contribution is 2.71. The summed E-state index contributed by atoms with van der Waals surface area (Å²) in [6.07, 6.45) is 1.63. The van der Waals surface area contributed by atoms with Crippen molar-refractivity contribution in [1.82, 2.24) is 5.16 Å². The minimum atomic E-state index is -2.17. The fraction of sp³-hybridized carbons (Fsp3) is 0.690. The standard InChI is InChI=1S/C29H39NO7/c1-8-19-20(22(13(2)3)30-37-19)26(34)36-25-14(4)11-28-15(5)9-18-21(27(18,6)7)17(24(28)33)10-16(12-31)23(32)29(25,28)35/h10-11,13,15,17-18,21,23,25,31-32,35H,8-9,12H2,1-7H3/t15-,17+,18-,21+,23-,25+,28+,29+/m1/s1. The van der Waals surface area contributed by atoms with Crippen LogP contribution in [0.5, 0.6) is 0 Å². The number of aliphatic hydroxyl groups is 3. The zero-order valence-electron chi connectivity index (χ0n) is 22.7. The third-order valence-corrected chi connectivity index (χ3v) is 9.98. The Hall–Kier alpha value is -2.29. The molecule has 4 aliphatic carbocycles. The maximum atomic E-state index is 14.4. The molecule has 8 heteroatoms. The van der Waals surface area contributed by atoms with Gasteiger partial charge in [-0.05, 0) is 53.6 Å². The Morgan fingerprint density at radius 1 is 1.32 bits per heavy atom. The van der Waals surface area contributed by atoms with Crippen LogP contribution in [0.25, 0.3) is 0 Å². The van der Waals surface area contributed by atoms with Gasteiger partial charge in [0, 0.05) is 12.3 Å². The highest BCUT2D eigenvalue weighted by atomic mass is 16.6. The number of carbonyl (C=O) groups is 2. The van der Waals surface area contributed by atoms with Crippen molar-refractivity contribution in [2.75, 3.05) is 6.61 Å². The van der Waals surface area contributed by atoms with Gasteiger partial charge in [0.15, 0.2) is 23.2 Å². The molecule has 2 fully saturated rings. The van der Waals surface area contributed by atoms with Crippen molar-refractivity contribution in [3.8, 4) is 0 Å². The van der Waals surface area contributed by atoms with E-state index in [2.05, 4.69) is 19.0 Å². The zero-order valence-corrected chi connectivity index (χ0v) is 22.7. The van der Waals surface area contributed by atoms with Gasteiger partial charge < -0.3 is 24.6 Å². The van der Waals surface area contributed by atoms with Crippen LogP contribution in [0.2, 0.25) is 0 Å². The SMILES string of the molecule is CCc1onc(C(C)C)c1C(=O)O[C@H]1C(C)=C[C@]23C(=O)[C@@H](C=C(CO)[C@@H](O)[C@]12O)[C@H]1[C@@H](C[C@H]3C)C1(C)C. The number of aromatic nitrogens is 1. The second-order valence-electron chi connectivity index (χ2n) is 12.5. The maximum Gasteiger partial charge on any atom is 0.344 e. The molecule has 37 heavy (non-hydrogen) atoms. The van der Waals surface area contributed by atoms with Crippen LogP contribution in [0.15, 0.2) is 27.8 Å². The lowest BCUT2D eigenvalue weighted by molar-refractivity contribution is -0.190. The van der Waals surface area contributed by atoms with Crippen molar-refractivity contribution in [2.45, 2.75) is 85.0 Å². The molecular weight excluding hydrogens is 474 g/mol. The first-order chi connectivity index (χ1) is 17.3. The van der Waals surface area contributed by atoms with Gasteiger partial charge in [-0.15, -0.1) is 0 Å². The molecule has 0 radical (unpaired) electrons. The van der Waals surface area contributed by atoms with Gasteiger partial charge in [0.05, 0.1) is 12.0 Å². The number of ether oxygens (including phenoxy) is 1. The number of carbonyl (C=O) groups excluding carboxylic acids is 2. The molecule has 1 spiro atoms. The number of hydrogen-bond acceptors (Lipinski definition) is 8. The Labute approximate surface area is 217 Å². The molecule has 0 unspecified atom stereocenters. The Balaban J connectivity index is 1.63. The van der Waals surface area contributed by atoms with Gasteiger partial charge in [-0.25, -0.2) is 4.79 Å². The second-order valence-corrected chi connectivity index (χ2v) is 12.5. The zero-order chi connectivity index (χ0) is 27.2. The van der Waals surface area contributed by atoms with E-state index >= 15 is 0 Å². The first kappa shape index (κ1) is 26.3. The minimum Gasteiger partial charge on any atom is -0.451 e. The monoisotopic (exact) mass is 513 g/mol. The Kier molecular flexibility index (Phi) is 5.94. The van der Waals surface area contributed by atoms with Crippen molar-refractivity contribution in [2.24, 2.45) is 34.5 Å². The molecule has 2 bridgehead atoms. The summed E-state index contributed by atoms with van der Waals surface area (Å²) in [7, 11) is 0. The predicted molar refractivity (Wildman–Crippen MR) is 135 cm³/mol. The summed E-state index contributed by atoms with van der Waals surface area (Å²) in [5.74, 6) is -1.15. The molecule has 1 aromatic rings. The molecule has 0 saturated heterocycles. The highest BCUT2D eigenvalue weighted by molar-refractivity contribution is 5.96. The molecule has 0 amide bonds. The number of hydrogen-bond donors (Lipinski definition) is 3. The van der Waals surface area contributed by atoms with Gasteiger partial charge in [-0.2, -0.15) is 0 Å². The average molecular weight is 514 g/mol. The van der Waals surface area contributed by atoms with Crippen molar-refractivity contribution in [3.63, 3.8) is 0 Å². The molecule has 3 N–H and O–H groups in total. The summed E-state index contributed by atoms with van der Waals surface area (Å²) in [6.45, 7) is 13.1. The number of rotatable bonds is 5. The lowest BCUT2D eigenvalue weighted by Gasteiger charge is -2.48. The van der Waals surface area contributed by atoms with Crippen LogP contribution in [-0.4, -0.2) is 56.6 Å². The van der Waals surface area contributed by atoms with Crippen molar-refractivity contribution in [1.29, 1.82) is 0 Å². The van der Waals surface area contributed by atoms with Gasteiger partial charge in [0.2, 0.25) is 0 Å². The molecule has 0 aliphatic heterocycles. The van der Waals surface area contributed by atoms with E-state index < -0.39 is 41.7 Å². The smallest absolute Gasteiger partial charge is 0.344 e. The van der Waals surface area contributed by atoms with E-state index in [9.17, 15) is 24.9 Å². The number of esters is 1. The molecule has 4 aliphatic rings. The quantitative estimate of drug-likeness (QED) is 0.404. The van der Waals surface area contributed by atoms with Gasteiger partial charge in [0.1, 0.15) is 17.4 Å². The third kappa shape index (κ3) is 3.21. The third-order valence-electron chi connectivity index (χ3n) is 9.98. The summed E-state index contributed by atoms with van der Waals surface area (Å²) in [4.78, 5) is 28.1. The number of Topliss-reactive ketones (excluding diaryl/α,β-unsaturated/α-hetero) is 1. The van der Waals surface area contributed by atoms with Crippen molar-refractivity contribution >= 4 is 11.8 Å². The fourth-order valence-electron chi connectivity index (χ4n) is 7.95. The summed E-state index contributed by atoms with van der Waals surface area (Å²) in [5.41, 5.74) is -2.32. The van der Waals surface area contributed by atoms with Crippen LogP contribution in [0, 0.1) is 34.5 Å². The van der Waals surface area contributed by atoms with Crippen molar-refractivity contribution in [3.05, 3.63) is 40.3 Å². The van der Waals surface area contributed by atoms with Crippen LogP contribution >= 0.6 is 0 Å². The normalized spacial score (nSPS) is 39.8. The lowest BCUT2D eigenvalue weighted by Crippen LogP contribution is -2.65. The fourth-order valence-corrected chi connectivity index (χ4v) is 7.95. The van der Waals surface area contributed by atoms with Crippen LogP contribution in [0.1, 0.15) is 82.6 Å². The molecule has 2 saturated carbocycles. The highest BCUT2D eigenvalue weighted by Gasteiger charge is 2.76. The average Bonchev–Trinajstić information content (AvgIpc) is 3.14. The summed E-state index contributed by atoms with van der Waals surface area (Å²) in [6, 6.07) is 0. The topological polar surface area (TPSA) is 130 Å². The van der Waals surface area contributed by atoms with E-state index in [1.807, 2.05) is 27.7 Å². The molecular formula is C29H39NO7. The number of aliphatic hydroxyl groups excluding tert-OH is 2. The number of nitrogens with zero attached hydrogens (tertiary/aromatic N) is 1. The number of allylic oxidation sites excluding steroid dienone is 1. The Bertz CT molecular complexity index is 1210. The first-order valence-electron chi connectivity index (χ1n) is 13.4. The lowest BCUT2D eigenvalue weighted by atomic mass is 9.59. The van der Waals surface area contributed by atoms with E-state index in [1.54, 1.807) is 19.1 Å². The van der Waals surface area contributed by atoms with Crippen LogP contribution < -0.4 is 0 Å². The van der Waals surface area contributed by atoms with Gasteiger partial charge in [-0.1, -0.05) is 58.9 Å². The number of aryl methyl sites for hydroxylation is 1. The molecule has 1 heterocycles. The first-order valence-corrected chi connectivity index (χ1v) is 13.4. The number of ketones is 1. The Morgan fingerprint density at radius 2 is 2.00 bits per heavy atom. The van der Waals surface area contributed by atoms with Crippen LogP contribution in [0.4, 0.5) is 0 Å². The van der Waals surface area contributed by atoms with Gasteiger partial charge >= 0.3 is 5.97 Å². The van der Waals surface area contributed by atoms with Crippen LogP contribution in [0.3, 0.4) is 0 Å². The largest absolute Gasteiger partial charge is 0.451 e. The summed E-state index contributed by atoms with van der Waals surface area (Å²) < 4.78 is 11.4. The molecule has 5 rings (SSSR count). The van der Waals surface area contributed by atoms with Gasteiger partial charge in [-0.3, -0.25) is 4.79 Å². The number of fused-ring (bicyclic) bond motifs is 3. The second kappa shape index (κ2) is 8.35. The Morgan fingerprint density at radius 3 is 2.59 bits per heavy atom. The van der Waals surface area contributed by atoms with E-state index in [1.165, 1.54) is 0 Å². The maximum absolute atomic E-state index is 14.4. The summed E-state index contributed by atoms with van der Waals surface area (Å²) in [5, 5.41) is 38.5. The minimum absolute atomic E-state index is 0.0536. The van der Waals surface area contributed by atoms with Gasteiger partial charge in [0.25, 0.3) is 0 Å². The molecule has 8 atom stereocenters. The summed E-state index contributed by atoms with van der Waals surface area (Å²) >= 11 is 0. The molecule has 8 nitrogen and oxygen atoms in total. The van der Waals surface area contributed by atoms with Crippen molar-refractivity contribution < 1.29 is 34.2 Å². The predicted octanol–water partition coefficient (Wildman–Crippen LogP) is 3.35. The van der Waals surface area contributed by atoms with E-state index in [0.29, 0.717) is 29.9 Å². The van der Waals surface area contributed by atoms with E-state index in [0.717, 1.165) is 0 Å². The van der Waals surface area contributed by atoms with E-state index in [-0.39, 0.29) is 46.0 Å². The van der Waals surface area contributed by atoms with Crippen LogP contribution in [-0.2, 0) is 16.0 Å². The molecule has 1 aromatic heterocycles. The van der Waals surface area contributed by atoms with E-state index in [4.69, 9.17) is 9.26 Å².